The van der Waals surface area contributed by atoms with Gasteiger partial charge in [-0.3, -0.25) is 0 Å². The van der Waals surface area contributed by atoms with E-state index in [4.69, 9.17) is 0 Å². The molecule has 0 saturated heterocycles. The van der Waals surface area contributed by atoms with Crippen LogP contribution in [0.25, 0.3) is 0 Å². The average molecular weight is 183 g/mol. The van der Waals surface area contributed by atoms with Gasteiger partial charge < -0.3 is 0 Å². The van der Waals surface area contributed by atoms with Crippen molar-refractivity contribution in [3.63, 3.8) is 0 Å². The maximum absolute atomic E-state index is 4.15. The van der Waals surface area contributed by atoms with E-state index in [0.717, 1.165) is 11.4 Å². The molecule has 0 amide bonds. The van der Waals surface area contributed by atoms with Crippen LogP contribution in [0.5, 0.6) is 0 Å². The second-order valence-electron chi connectivity index (χ2n) is 2.91. The molecule has 2 rings (SSSR count). The molecule has 0 saturated carbocycles. The van der Waals surface area contributed by atoms with Crippen LogP contribution in [0, 0.1) is 0 Å². The molecule has 1 heterocycles. The fourth-order valence-electron chi connectivity index (χ4n) is 1.15. The monoisotopic (exact) mass is 183 g/mol. The van der Waals surface area contributed by atoms with E-state index in [1.165, 1.54) is 0 Å². The lowest BCUT2D eigenvalue weighted by molar-refractivity contribution is -0.352. The van der Waals surface area contributed by atoms with Crippen molar-refractivity contribution in [1.29, 1.82) is 0 Å². The van der Waals surface area contributed by atoms with Crippen LogP contribution in [0.3, 0.4) is 0 Å². The Kier molecular flexibility index (Phi) is 2.67. The summed E-state index contributed by atoms with van der Waals surface area (Å²) < 4.78 is 0. The van der Waals surface area contributed by atoms with Crippen molar-refractivity contribution in [2.24, 2.45) is 0 Å². The zero-order valence-corrected chi connectivity index (χ0v) is 7.72. The van der Waals surface area contributed by atoms with Crippen molar-refractivity contribution in [3.8, 4) is 0 Å². The largest absolute Gasteiger partial charge is 0.320 e. The average Bonchev–Trinajstić information content (AvgIpc) is 2.29. The van der Waals surface area contributed by atoms with Gasteiger partial charge in [0, 0.05) is 11.6 Å². The molecule has 68 valence electrons. The van der Waals surface area contributed by atoms with E-state index in [1.54, 1.807) is 6.20 Å². The Labute approximate surface area is 83.0 Å². The number of nitrogens with zero attached hydrogens (tertiary/aromatic N) is 1. The molecule has 0 aliphatic carbocycles. The Morgan fingerprint density at radius 3 is 2.43 bits per heavy atom. The van der Waals surface area contributed by atoms with Gasteiger partial charge in [0.15, 0.2) is 0 Å². The molecule has 2 aromatic rings. The predicted octanol–water partition coefficient (Wildman–Crippen LogP) is 0.913. The minimum absolute atomic E-state index is 0.858. The van der Waals surface area contributed by atoms with Crippen molar-refractivity contribution in [3.05, 3.63) is 60.3 Å². The fraction of sp³-hybridized carbons (Fsp3) is 0. The molecule has 0 aliphatic heterocycles. The molecule has 2 heteroatoms. The topological polar surface area (TPSA) is 26.9 Å². The van der Waals surface area contributed by atoms with Gasteiger partial charge >= 0.3 is 5.82 Å². The van der Waals surface area contributed by atoms with Crippen LogP contribution in [0.4, 0.5) is 5.82 Å². The van der Waals surface area contributed by atoms with Gasteiger partial charge in [0.25, 0.3) is 0 Å². The molecule has 0 unspecified atom stereocenters. The quantitative estimate of drug-likeness (QED) is 0.688. The second kappa shape index (κ2) is 4.33. The third-order valence-electron chi connectivity index (χ3n) is 1.85. The molecule has 1 aromatic carbocycles. The number of pyridine rings is 1. The smallest absolute Gasteiger partial charge is 0.244 e. The van der Waals surface area contributed by atoms with E-state index in [1.807, 2.05) is 54.7 Å². The van der Waals surface area contributed by atoms with Crippen molar-refractivity contribution in [2.75, 3.05) is 0 Å². The first-order valence-electron chi connectivity index (χ1n) is 4.51. The van der Waals surface area contributed by atoms with E-state index in [2.05, 4.69) is 9.98 Å². The van der Waals surface area contributed by atoms with Crippen LogP contribution < -0.4 is 4.99 Å². The maximum atomic E-state index is 4.15. The van der Waals surface area contributed by atoms with Crippen molar-refractivity contribution >= 4 is 12.0 Å². The number of hydrogen-bond acceptors (Lipinski definition) is 1. The van der Waals surface area contributed by atoms with Gasteiger partial charge in [0.05, 0.1) is 6.21 Å². The molecule has 0 atom stereocenters. The molecule has 1 aromatic heterocycles. The second-order valence-corrected chi connectivity index (χ2v) is 2.91. The first-order valence-corrected chi connectivity index (χ1v) is 4.51. The summed E-state index contributed by atoms with van der Waals surface area (Å²) in [4.78, 5) is 7.28. The Morgan fingerprint density at radius 2 is 1.71 bits per heavy atom. The van der Waals surface area contributed by atoms with Gasteiger partial charge in [-0.2, -0.15) is 0 Å². The van der Waals surface area contributed by atoms with Gasteiger partial charge in [-0.05, 0) is 6.07 Å². The first-order chi connectivity index (χ1) is 6.95. The lowest BCUT2D eigenvalue weighted by Crippen LogP contribution is -2.62. The van der Waals surface area contributed by atoms with Crippen LogP contribution >= 0.6 is 0 Å². The SMILES string of the molecule is C(=[NH+]c1ccccn1)c1ccccc1. The van der Waals surface area contributed by atoms with Gasteiger partial charge in [-0.25, -0.2) is 4.99 Å². The Hall–Kier alpha value is -1.96. The fourth-order valence-corrected chi connectivity index (χ4v) is 1.15. The van der Waals surface area contributed by atoms with E-state index < -0.39 is 0 Å². The standard InChI is InChI=1S/C12H10N2/c1-2-6-11(7-3-1)10-14-12-8-4-5-9-13-12/h1-10H/p+1. The zero-order chi connectivity index (χ0) is 9.64. The predicted molar refractivity (Wildman–Crippen MR) is 56.5 cm³/mol. The Balaban J connectivity index is 2.16. The van der Waals surface area contributed by atoms with Gasteiger partial charge in [-0.15, -0.1) is 0 Å². The maximum Gasteiger partial charge on any atom is 0.320 e. The lowest BCUT2D eigenvalue weighted by atomic mass is 10.2. The van der Waals surface area contributed by atoms with Crippen molar-refractivity contribution in [2.45, 2.75) is 0 Å². The summed E-state index contributed by atoms with van der Waals surface area (Å²) in [6.45, 7) is 0. The molecule has 1 N–H and O–H groups in total. The number of hydrogen-bond donors (Lipinski definition) is 1. The summed E-state index contributed by atoms with van der Waals surface area (Å²) in [6.07, 6.45) is 3.70. The normalized spacial score (nSPS) is 10.6. The molecule has 0 radical (unpaired) electrons. The molecule has 0 spiro atoms. The summed E-state index contributed by atoms with van der Waals surface area (Å²) in [6, 6.07) is 15.9. The molecule has 0 bridgehead atoms. The highest BCUT2D eigenvalue weighted by atomic mass is 14.9. The number of aromatic nitrogens is 1. The molecular formula is C12H11N2+. The van der Waals surface area contributed by atoms with Gasteiger partial charge in [0.2, 0.25) is 0 Å². The molecular weight excluding hydrogens is 172 g/mol. The molecule has 0 aliphatic rings. The number of benzene rings is 1. The first kappa shape index (κ1) is 8.63. The highest BCUT2D eigenvalue weighted by molar-refractivity contribution is 5.75. The van der Waals surface area contributed by atoms with Crippen LogP contribution in [-0.4, -0.2) is 11.2 Å². The lowest BCUT2D eigenvalue weighted by Gasteiger charge is -1.87. The number of nitrogens with one attached hydrogen (secondary N) is 1. The van der Waals surface area contributed by atoms with E-state index in [9.17, 15) is 0 Å². The molecule has 2 nitrogen and oxygen atoms in total. The zero-order valence-electron chi connectivity index (χ0n) is 7.72. The molecule has 0 fully saturated rings. The third kappa shape index (κ3) is 2.26. The van der Waals surface area contributed by atoms with Gasteiger partial charge in [0.1, 0.15) is 6.20 Å². The van der Waals surface area contributed by atoms with E-state index in [-0.39, 0.29) is 0 Å². The number of rotatable bonds is 2. The summed E-state index contributed by atoms with van der Waals surface area (Å²) in [5.74, 6) is 0.858. The summed E-state index contributed by atoms with van der Waals surface area (Å²) in [7, 11) is 0. The highest BCUT2D eigenvalue weighted by Gasteiger charge is 1.93. The van der Waals surface area contributed by atoms with Crippen LogP contribution in [0.2, 0.25) is 0 Å². The van der Waals surface area contributed by atoms with Crippen LogP contribution in [0.1, 0.15) is 5.56 Å². The van der Waals surface area contributed by atoms with Gasteiger partial charge in [-0.1, -0.05) is 41.4 Å². The highest BCUT2D eigenvalue weighted by Crippen LogP contribution is 1.92. The Bertz CT molecular complexity index is 365. The summed E-state index contributed by atoms with van der Waals surface area (Å²) >= 11 is 0. The van der Waals surface area contributed by atoms with E-state index in [0.29, 0.717) is 0 Å². The van der Waals surface area contributed by atoms with Crippen molar-refractivity contribution < 1.29 is 4.99 Å². The summed E-state index contributed by atoms with van der Waals surface area (Å²) in [5.41, 5.74) is 1.14. The Morgan fingerprint density at radius 1 is 0.929 bits per heavy atom. The van der Waals surface area contributed by atoms with E-state index >= 15 is 0 Å². The summed E-state index contributed by atoms with van der Waals surface area (Å²) in [5, 5.41) is 0. The van der Waals surface area contributed by atoms with Crippen LogP contribution in [0.15, 0.2) is 54.7 Å². The minimum Gasteiger partial charge on any atom is -0.244 e. The molecule has 14 heavy (non-hydrogen) atoms. The van der Waals surface area contributed by atoms with Crippen molar-refractivity contribution in [1.82, 2.24) is 4.98 Å². The minimum atomic E-state index is 0.858. The third-order valence-corrected chi connectivity index (χ3v) is 1.85. The van der Waals surface area contributed by atoms with Crippen LogP contribution in [-0.2, 0) is 0 Å².